The standard InChI is InChI=1S/C98H116B2Cl4N8O2S4/c1-7-9-11-13-15-17-19-21-23-25-27-29-31-33-35-37-39-41-59-113-75-51-47-73(48-52-75)95-93-94(98(78(66-106)88-68-108-84-62-80(102)82(104)64-86(84)110-88)111(95)99(89-55-43-69(3)115-89)90-56-44-70(4)116-90)96(74-49-53-76(54-50-74)114-60-42-40-38-36-34-32-30-28-26-24-22-20-18-16-14-12-10-8-2)112(100(91-57-45-71(5)117-91)92-58-46-72(6)118-92)97(93)77(65-105)87-67-107-83-61-79(101)81(103)63-85(83)109-87/h43-58,61-64,67-68H,7-42,59-60H2,1-6H3/b97-77-,98-78-. The number of ether oxygens (including phenoxy) is 2. The minimum Gasteiger partial charge on any atom is -0.494 e. The molecule has 4 aromatic carbocycles. The number of aromatic nitrogens is 6. The zero-order valence-corrected chi connectivity index (χ0v) is 76.6. The van der Waals surface area contributed by atoms with Crippen LogP contribution < -0.4 is 39.3 Å². The van der Waals surface area contributed by atoms with E-state index in [1.165, 1.54) is 205 Å². The molecule has 0 aliphatic rings. The van der Waals surface area contributed by atoms with E-state index in [9.17, 15) is 10.5 Å². The molecule has 0 amide bonds. The number of benzene rings is 4. The molecule has 118 heavy (non-hydrogen) atoms. The first-order chi connectivity index (χ1) is 57.7. The highest BCUT2D eigenvalue weighted by molar-refractivity contribution is 7.32. The van der Waals surface area contributed by atoms with Crippen LogP contribution in [0.3, 0.4) is 0 Å². The van der Waals surface area contributed by atoms with Gasteiger partial charge in [-0.15, -0.1) is 0 Å². The molecule has 12 aromatic rings. The van der Waals surface area contributed by atoms with Gasteiger partial charge in [0.05, 0.1) is 78.5 Å². The summed E-state index contributed by atoms with van der Waals surface area (Å²) in [5.74, 6) is 1.49. The maximum Gasteiger partial charge on any atom is 0.349 e. The van der Waals surface area contributed by atoms with Gasteiger partial charge in [0.25, 0.3) is 0 Å². The zero-order valence-electron chi connectivity index (χ0n) is 70.3. The fraction of sp³-hybridized carbons (Fsp3) is 0.449. The molecule has 10 nitrogen and oxygen atoms in total. The Kier molecular flexibility index (Phi) is 35.6. The highest BCUT2D eigenvalue weighted by Crippen LogP contribution is 2.40. The second-order valence-corrected chi connectivity index (χ2v) is 39.2. The Morgan fingerprint density at radius 2 is 0.602 bits per heavy atom. The average Bonchev–Trinajstić information content (AvgIpc) is 1.52. The van der Waals surface area contributed by atoms with Crippen molar-refractivity contribution in [2.24, 2.45) is 0 Å². The van der Waals surface area contributed by atoms with Gasteiger partial charge < -0.3 is 18.4 Å². The summed E-state index contributed by atoms with van der Waals surface area (Å²) in [5, 5.41) is 29.3. The van der Waals surface area contributed by atoms with Crippen LogP contribution in [0.2, 0.25) is 20.1 Å². The first-order valence-electron chi connectivity index (χ1n) is 44.1. The van der Waals surface area contributed by atoms with Crippen LogP contribution in [0.1, 0.15) is 276 Å². The Morgan fingerprint density at radius 1 is 0.347 bits per heavy atom. The van der Waals surface area contributed by atoms with Crippen LogP contribution >= 0.6 is 91.8 Å². The number of unbranched alkanes of at least 4 members (excludes halogenated alkanes) is 34. The summed E-state index contributed by atoms with van der Waals surface area (Å²) >= 11 is 34.1. The largest absolute Gasteiger partial charge is 0.494 e. The fourth-order valence-electron chi connectivity index (χ4n) is 16.7. The summed E-state index contributed by atoms with van der Waals surface area (Å²) in [5.41, 5.74) is 6.22. The fourth-order valence-corrected chi connectivity index (χ4v) is 21.4. The van der Waals surface area contributed by atoms with Gasteiger partial charge in [-0.2, -0.15) is 55.9 Å². The highest BCUT2D eigenvalue weighted by atomic mass is 35.5. The monoisotopic (exact) mass is 1730 g/mol. The molecule has 0 fully saturated rings. The summed E-state index contributed by atoms with van der Waals surface area (Å²) in [7, 11) is 0. The molecule has 0 unspecified atom stereocenters. The van der Waals surface area contributed by atoms with Gasteiger partial charge in [0.1, 0.15) is 46.2 Å². The number of hydrogen-bond donors (Lipinski definition) is 0. The number of nitrogens with zero attached hydrogens (tertiary/aromatic N) is 8. The molecule has 618 valence electrons. The van der Waals surface area contributed by atoms with E-state index < -0.39 is 13.7 Å². The minimum atomic E-state index is -0.557. The van der Waals surface area contributed by atoms with Crippen LogP contribution in [0.15, 0.2) is 134 Å². The van der Waals surface area contributed by atoms with Crippen molar-refractivity contribution in [1.29, 1.82) is 10.5 Å². The normalized spacial score (nSPS) is 12.2. The van der Waals surface area contributed by atoms with Crippen molar-refractivity contribution in [1.82, 2.24) is 28.9 Å². The van der Waals surface area contributed by atoms with E-state index in [-0.39, 0.29) is 11.1 Å². The van der Waals surface area contributed by atoms with Crippen molar-refractivity contribution >= 4 is 169 Å². The third kappa shape index (κ3) is 24.1. The molecule has 0 aliphatic heterocycles. The lowest BCUT2D eigenvalue weighted by Crippen LogP contribution is -2.52. The molecule has 20 heteroatoms. The lowest BCUT2D eigenvalue weighted by molar-refractivity contribution is 0.304. The molecular weight excluding hydrogens is 1610 g/mol. The van der Waals surface area contributed by atoms with Crippen LogP contribution in [-0.4, -0.2) is 55.8 Å². The average molecular weight is 1730 g/mol. The van der Waals surface area contributed by atoms with Gasteiger partial charge in [0.15, 0.2) is 0 Å². The van der Waals surface area contributed by atoms with Crippen molar-refractivity contribution in [2.45, 2.75) is 273 Å². The van der Waals surface area contributed by atoms with E-state index in [0.717, 1.165) is 98.3 Å². The lowest BCUT2D eigenvalue weighted by atomic mass is 9.58. The Bertz CT molecular complexity index is 5020. The van der Waals surface area contributed by atoms with Gasteiger partial charge in [0.2, 0.25) is 0 Å². The SMILES string of the molecule is CCCCCCCCCCCCCCCCCCCCOc1ccc(-c2c3/c(=C(\C#N)c4cnc5cc(Cl)c(Cl)cc5n4)n(B(c4ccc(C)s4)c4ccc(C)s4)c(-c4ccc(OCCCCCCCCCCCCCCCCCCCC)cc4)c3/c(=C(\C#N)c3cnc4cc(Cl)c(Cl)cc4n3)n2B(c2ccc(C)s2)c2ccc(C)s2)cc1. The van der Waals surface area contributed by atoms with E-state index in [1.54, 1.807) is 82.0 Å². The third-order valence-corrected chi connectivity index (χ3v) is 28.6. The topological polar surface area (TPSA) is 127 Å². The summed E-state index contributed by atoms with van der Waals surface area (Å²) in [6.07, 6.45) is 50.6. The molecule has 8 aromatic heterocycles. The number of fused-ring (bicyclic) bond motifs is 3. The van der Waals surface area contributed by atoms with Crippen LogP contribution in [0.5, 0.6) is 11.5 Å². The quantitative estimate of drug-likeness (QED) is 0.0272. The molecule has 0 bridgehead atoms. The molecule has 8 heterocycles. The predicted octanol–water partition coefficient (Wildman–Crippen LogP) is 27.4. The van der Waals surface area contributed by atoms with Crippen LogP contribution in [-0.2, 0) is 0 Å². The molecule has 0 radical (unpaired) electrons. The molecule has 12 rings (SSSR count). The summed E-state index contributed by atoms with van der Waals surface area (Å²) in [4.78, 5) is 25.3. The van der Waals surface area contributed by atoms with Crippen molar-refractivity contribution < 1.29 is 9.47 Å². The maximum absolute atomic E-state index is 12.7. The first-order valence-corrected chi connectivity index (χ1v) is 48.9. The van der Waals surface area contributed by atoms with Crippen molar-refractivity contribution in [3.05, 3.63) is 195 Å². The molecular formula is C98H116B2Cl4N8O2S4. The minimum absolute atomic E-state index is 0.243. The molecule has 0 saturated carbocycles. The Balaban J connectivity index is 0.984. The first kappa shape index (κ1) is 90.0. The number of rotatable bonds is 50. The summed E-state index contributed by atoms with van der Waals surface area (Å²) < 4.78 is 22.3. The lowest BCUT2D eigenvalue weighted by Gasteiger charge is -2.22. The van der Waals surface area contributed by atoms with Gasteiger partial charge in [-0.3, -0.25) is 9.97 Å². The second kappa shape index (κ2) is 46.7. The van der Waals surface area contributed by atoms with E-state index >= 15 is 0 Å². The van der Waals surface area contributed by atoms with Gasteiger partial charge in [0, 0.05) is 60.8 Å². The third-order valence-electron chi connectivity index (χ3n) is 23.0. The number of nitriles is 2. The van der Waals surface area contributed by atoms with Crippen LogP contribution in [0.4, 0.5) is 0 Å². The number of thiophene rings is 4. The molecule has 0 saturated heterocycles. The molecule has 0 aliphatic carbocycles. The predicted molar refractivity (Wildman–Crippen MR) is 511 cm³/mol. The van der Waals surface area contributed by atoms with E-state index in [1.807, 2.05) is 0 Å². The number of hydrogen-bond acceptors (Lipinski definition) is 12. The van der Waals surface area contributed by atoms with Crippen molar-refractivity contribution in [3.8, 4) is 46.2 Å². The Hall–Kier alpha value is -7.21. The zero-order chi connectivity index (χ0) is 82.5. The van der Waals surface area contributed by atoms with E-state index in [2.05, 4.69) is 160 Å². The second-order valence-electron chi connectivity index (χ2n) is 32.2. The number of aryl methyl sites for hydroxylation is 4. The maximum atomic E-state index is 12.7. The van der Waals surface area contributed by atoms with Gasteiger partial charge in [-0.05, 0) is 149 Å². The number of halogens is 4. The molecule has 0 spiro atoms. The smallest absolute Gasteiger partial charge is 0.349 e. The molecule has 0 atom stereocenters. The van der Waals surface area contributed by atoms with Gasteiger partial charge in [-0.25, -0.2) is 9.97 Å². The highest BCUT2D eigenvalue weighted by Gasteiger charge is 2.39. The van der Waals surface area contributed by atoms with Gasteiger partial charge >= 0.3 is 13.7 Å². The Morgan fingerprint density at radius 3 is 0.847 bits per heavy atom. The van der Waals surface area contributed by atoms with Gasteiger partial charge in [-0.1, -0.05) is 303 Å². The van der Waals surface area contributed by atoms with Crippen LogP contribution in [0, 0.1) is 50.4 Å². The van der Waals surface area contributed by atoms with Crippen molar-refractivity contribution in [3.63, 3.8) is 0 Å². The molecule has 0 N–H and O–H groups in total. The summed E-state index contributed by atoms with van der Waals surface area (Å²) in [6, 6.07) is 47.0. The van der Waals surface area contributed by atoms with E-state index in [4.69, 9.17) is 75.8 Å². The van der Waals surface area contributed by atoms with E-state index in [0.29, 0.717) is 88.2 Å². The Labute approximate surface area is 738 Å². The van der Waals surface area contributed by atoms with Crippen molar-refractivity contribution in [2.75, 3.05) is 13.2 Å². The summed E-state index contributed by atoms with van der Waals surface area (Å²) in [6.45, 7) is 13.2. The van der Waals surface area contributed by atoms with Crippen LogP contribution in [0.25, 0.3) is 66.5 Å².